The number of likely N-dealkylation sites (N-methyl/N-ethyl adjacent to an activating group) is 1. The van der Waals surface area contributed by atoms with Gasteiger partial charge in [-0.2, -0.15) is 0 Å². The maximum absolute atomic E-state index is 12.8. The van der Waals surface area contributed by atoms with Crippen molar-refractivity contribution in [1.82, 2.24) is 4.90 Å². The third-order valence-electron chi connectivity index (χ3n) is 4.35. The van der Waals surface area contributed by atoms with E-state index >= 15 is 0 Å². The van der Waals surface area contributed by atoms with E-state index in [0.29, 0.717) is 13.0 Å². The summed E-state index contributed by atoms with van der Waals surface area (Å²) in [6.07, 6.45) is -0.0886. The van der Waals surface area contributed by atoms with Gasteiger partial charge < -0.3 is 20.1 Å². The molecule has 5 heteroatoms. The van der Waals surface area contributed by atoms with E-state index in [1.54, 1.807) is 19.1 Å². The van der Waals surface area contributed by atoms with Gasteiger partial charge in [0.2, 0.25) is 5.91 Å². The number of carbonyl (C=O) groups excluding carboxylic acids is 1. The zero-order valence-electron chi connectivity index (χ0n) is 15.9. The molecule has 2 N–H and O–H groups in total. The van der Waals surface area contributed by atoms with Gasteiger partial charge in [0.05, 0.1) is 13.2 Å². The minimum atomic E-state index is -0.763. The zero-order chi connectivity index (χ0) is 19.2. The van der Waals surface area contributed by atoms with E-state index in [4.69, 9.17) is 4.74 Å². The summed E-state index contributed by atoms with van der Waals surface area (Å²) in [5.41, 5.74) is 0.951. The molecule has 26 heavy (non-hydrogen) atoms. The second-order valence-electron chi connectivity index (χ2n) is 6.92. The Morgan fingerprint density at radius 1 is 1.15 bits per heavy atom. The lowest BCUT2D eigenvalue weighted by molar-refractivity contribution is -0.133. The molecule has 0 aliphatic carbocycles. The van der Waals surface area contributed by atoms with Gasteiger partial charge in [0.15, 0.2) is 0 Å². The molecular formula is C21H28N2O3. The summed E-state index contributed by atoms with van der Waals surface area (Å²) in [7, 11) is 3.38. The van der Waals surface area contributed by atoms with Crippen molar-refractivity contribution in [2.75, 3.05) is 26.0 Å². The number of nitrogens with one attached hydrogen (secondary N) is 1. The van der Waals surface area contributed by atoms with Crippen LogP contribution in [0.15, 0.2) is 54.6 Å². The van der Waals surface area contributed by atoms with E-state index in [0.717, 1.165) is 17.0 Å². The topological polar surface area (TPSA) is 61.8 Å². The van der Waals surface area contributed by atoms with Gasteiger partial charge in [-0.15, -0.1) is 0 Å². The molecule has 0 saturated carbocycles. The Hall–Kier alpha value is -2.53. The molecule has 2 aromatic rings. The van der Waals surface area contributed by atoms with Gasteiger partial charge >= 0.3 is 0 Å². The summed E-state index contributed by atoms with van der Waals surface area (Å²) in [5, 5.41) is 13.5. The molecule has 0 heterocycles. The van der Waals surface area contributed by atoms with Crippen LogP contribution in [0.25, 0.3) is 0 Å². The highest BCUT2D eigenvalue weighted by Crippen LogP contribution is 2.21. The molecule has 2 aromatic carbocycles. The van der Waals surface area contributed by atoms with Gasteiger partial charge in [-0.3, -0.25) is 4.79 Å². The summed E-state index contributed by atoms with van der Waals surface area (Å²) in [6.45, 7) is 4.18. The van der Waals surface area contributed by atoms with Crippen LogP contribution in [-0.4, -0.2) is 42.2 Å². The SMILES string of the molecule is COc1ccc(NC(C)(C)C(=O)N(C)CCC(O)c2ccccc2)cc1. The van der Waals surface area contributed by atoms with Crippen LogP contribution in [0.4, 0.5) is 5.69 Å². The molecule has 1 unspecified atom stereocenters. The number of aliphatic hydroxyl groups is 1. The molecule has 0 fully saturated rings. The first kappa shape index (κ1) is 19.8. The van der Waals surface area contributed by atoms with Gasteiger partial charge in [-0.25, -0.2) is 0 Å². The Morgan fingerprint density at radius 2 is 1.77 bits per heavy atom. The maximum atomic E-state index is 12.8. The number of benzene rings is 2. The van der Waals surface area contributed by atoms with Crippen LogP contribution in [0.2, 0.25) is 0 Å². The summed E-state index contributed by atoms with van der Waals surface area (Å²) >= 11 is 0. The van der Waals surface area contributed by atoms with E-state index in [-0.39, 0.29) is 5.91 Å². The lowest BCUT2D eigenvalue weighted by Gasteiger charge is -2.31. The third kappa shape index (κ3) is 5.23. The molecule has 140 valence electrons. The van der Waals surface area contributed by atoms with Gasteiger partial charge in [-0.1, -0.05) is 30.3 Å². The molecule has 0 aliphatic heterocycles. The van der Waals surface area contributed by atoms with Crippen LogP contribution in [-0.2, 0) is 4.79 Å². The number of carbonyl (C=O) groups is 1. The predicted molar refractivity (Wildman–Crippen MR) is 104 cm³/mol. The highest BCUT2D eigenvalue weighted by molar-refractivity contribution is 5.88. The fraction of sp³-hybridized carbons (Fsp3) is 0.381. The number of nitrogens with zero attached hydrogens (tertiary/aromatic N) is 1. The molecule has 0 spiro atoms. The number of anilines is 1. The monoisotopic (exact) mass is 356 g/mol. The molecule has 1 amide bonds. The molecule has 0 aromatic heterocycles. The molecule has 2 rings (SSSR count). The van der Waals surface area contributed by atoms with E-state index in [9.17, 15) is 9.90 Å². The second-order valence-corrected chi connectivity index (χ2v) is 6.92. The van der Waals surface area contributed by atoms with Crippen LogP contribution in [0.3, 0.4) is 0 Å². The average molecular weight is 356 g/mol. The van der Waals surface area contributed by atoms with Crippen molar-refractivity contribution in [3.05, 3.63) is 60.2 Å². The first-order chi connectivity index (χ1) is 12.3. The van der Waals surface area contributed by atoms with Crippen LogP contribution in [0.1, 0.15) is 31.9 Å². The van der Waals surface area contributed by atoms with Gasteiger partial charge in [0, 0.05) is 19.3 Å². The van der Waals surface area contributed by atoms with E-state index in [1.807, 2.05) is 68.4 Å². The third-order valence-corrected chi connectivity index (χ3v) is 4.35. The average Bonchev–Trinajstić information content (AvgIpc) is 2.66. The predicted octanol–water partition coefficient (Wildman–Crippen LogP) is 3.47. The Balaban J connectivity index is 1.92. The zero-order valence-corrected chi connectivity index (χ0v) is 15.9. The minimum Gasteiger partial charge on any atom is -0.497 e. The fourth-order valence-corrected chi connectivity index (χ4v) is 2.83. The maximum Gasteiger partial charge on any atom is 0.247 e. The molecular weight excluding hydrogens is 328 g/mol. The van der Waals surface area contributed by atoms with Crippen molar-refractivity contribution in [3.63, 3.8) is 0 Å². The summed E-state index contributed by atoms with van der Waals surface area (Å²) in [4.78, 5) is 14.5. The first-order valence-corrected chi connectivity index (χ1v) is 8.74. The first-order valence-electron chi connectivity index (χ1n) is 8.74. The summed E-state index contributed by atoms with van der Waals surface area (Å²) < 4.78 is 5.15. The van der Waals surface area contributed by atoms with Crippen LogP contribution < -0.4 is 10.1 Å². The number of hydrogen-bond acceptors (Lipinski definition) is 4. The Kier molecular flexibility index (Phi) is 6.64. The smallest absolute Gasteiger partial charge is 0.247 e. The molecule has 0 saturated heterocycles. The lowest BCUT2D eigenvalue weighted by atomic mass is 10.0. The standard InChI is InChI=1S/C21H28N2O3/c1-21(2,22-17-10-12-18(26-4)13-11-17)20(25)23(3)15-14-19(24)16-8-6-5-7-9-16/h5-13,19,22,24H,14-15H2,1-4H3. The normalized spacial score (nSPS) is 12.3. The minimum absolute atomic E-state index is 0.0337. The Bertz CT molecular complexity index is 699. The second kappa shape index (κ2) is 8.72. The summed E-state index contributed by atoms with van der Waals surface area (Å²) in [6, 6.07) is 17.0. The van der Waals surface area contributed by atoms with Crippen molar-refractivity contribution >= 4 is 11.6 Å². The van der Waals surface area contributed by atoms with Crippen molar-refractivity contribution < 1.29 is 14.6 Å². The van der Waals surface area contributed by atoms with Crippen LogP contribution >= 0.6 is 0 Å². The van der Waals surface area contributed by atoms with Gasteiger partial charge in [0.1, 0.15) is 11.3 Å². The van der Waals surface area contributed by atoms with Crippen molar-refractivity contribution in [2.24, 2.45) is 0 Å². The van der Waals surface area contributed by atoms with E-state index in [2.05, 4.69) is 5.32 Å². The Labute approximate surface area is 155 Å². The quantitative estimate of drug-likeness (QED) is 0.760. The molecule has 0 bridgehead atoms. The fourth-order valence-electron chi connectivity index (χ4n) is 2.83. The van der Waals surface area contributed by atoms with E-state index < -0.39 is 11.6 Å². The number of amides is 1. The Morgan fingerprint density at radius 3 is 2.35 bits per heavy atom. The van der Waals surface area contributed by atoms with Crippen LogP contribution in [0, 0.1) is 0 Å². The van der Waals surface area contributed by atoms with Crippen molar-refractivity contribution in [3.8, 4) is 5.75 Å². The van der Waals surface area contributed by atoms with Crippen molar-refractivity contribution in [2.45, 2.75) is 31.9 Å². The van der Waals surface area contributed by atoms with E-state index in [1.165, 1.54) is 0 Å². The number of ether oxygens (including phenoxy) is 1. The van der Waals surface area contributed by atoms with Gasteiger partial charge in [0.25, 0.3) is 0 Å². The number of rotatable bonds is 8. The highest BCUT2D eigenvalue weighted by atomic mass is 16.5. The van der Waals surface area contributed by atoms with Crippen LogP contribution in [0.5, 0.6) is 5.75 Å². The lowest BCUT2D eigenvalue weighted by Crippen LogP contribution is -2.49. The van der Waals surface area contributed by atoms with Crippen molar-refractivity contribution in [1.29, 1.82) is 0 Å². The molecule has 0 radical (unpaired) electrons. The number of aliphatic hydroxyl groups excluding tert-OH is 1. The molecule has 5 nitrogen and oxygen atoms in total. The highest BCUT2D eigenvalue weighted by Gasteiger charge is 2.30. The molecule has 1 atom stereocenters. The number of methoxy groups -OCH3 is 1. The number of hydrogen-bond donors (Lipinski definition) is 2. The molecule has 0 aliphatic rings. The largest absolute Gasteiger partial charge is 0.497 e. The summed E-state index contributed by atoms with van der Waals surface area (Å²) in [5.74, 6) is 0.736. The van der Waals surface area contributed by atoms with Gasteiger partial charge in [-0.05, 0) is 50.1 Å².